The number of hydrogen-bond acceptors (Lipinski definition) is 6. The molecular weight excluding hydrogens is 278 g/mol. The van der Waals surface area contributed by atoms with Crippen molar-refractivity contribution in [1.29, 1.82) is 0 Å². The Morgan fingerprint density at radius 2 is 2.19 bits per heavy atom. The number of nitro groups is 1. The van der Waals surface area contributed by atoms with E-state index < -0.39 is 4.92 Å². The highest BCUT2D eigenvalue weighted by Gasteiger charge is 2.21. The van der Waals surface area contributed by atoms with E-state index in [4.69, 9.17) is 4.52 Å². The van der Waals surface area contributed by atoms with E-state index >= 15 is 0 Å². The van der Waals surface area contributed by atoms with Gasteiger partial charge in [0.15, 0.2) is 5.82 Å². The van der Waals surface area contributed by atoms with Gasteiger partial charge in [-0.15, -0.1) is 0 Å². The van der Waals surface area contributed by atoms with Crippen molar-refractivity contribution >= 4 is 17.4 Å². The number of amides is 1. The van der Waals surface area contributed by atoms with E-state index in [2.05, 4.69) is 15.6 Å². The van der Waals surface area contributed by atoms with Gasteiger partial charge in [0.25, 0.3) is 0 Å². The van der Waals surface area contributed by atoms with Crippen molar-refractivity contribution in [2.75, 3.05) is 5.32 Å². The molecule has 0 fully saturated rings. The summed E-state index contributed by atoms with van der Waals surface area (Å²) in [5.41, 5.74) is 0.759. The normalized spacial score (nSPS) is 10.6. The predicted molar refractivity (Wildman–Crippen MR) is 72.8 cm³/mol. The Balaban J connectivity index is 1.98. The van der Waals surface area contributed by atoms with Gasteiger partial charge in [0, 0.05) is 12.5 Å². The summed E-state index contributed by atoms with van der Waals surface area (Å²) in [4.78, 5) is 22.2. The molecule has 0 atom stereocenters. The summed E-state index contributed by atoms with van der Waals surface area (Å²) in [5.74, 6) is 0.676. The Hall–Kier alpha value is -2.71. The maximum Gasteiger partial charge on any atom is 0.312 e. The SMILES string of the molecule is Cc1cc(NC(=O)CCn2nc(C)c([N+](=O)[O-])c2C)no1. The first-order valence-electron chi connectivity index (χ1n) is 6.30. The van der Waals surface area contributed by atoms with Gasteiger partial charge < -0.3 is 9.84 Å². The Bertz CT molecular complexity index is 688. The molecule has 112 valence electrons. The first-order valence-corrected chi connectivity index (χ1v) is 6.30. The topological polar surface area (TPSA) is 116 Å². The Morgan fingerprint density at radius 3 is 2.71 bits per heavy atom. The molecule has 0 aliphatic carbocycles. The van der Waals surface area contributed by atoms with Crippen molar-refractivity contribution in [1.82, 2.24) is 14.9 Å². The van der Waals surface area contributed by atoms with Crippen LogP contribution in [0.2, 0.25) is 0 Å². The quantitative estimate of drug-likeness (QED) is 0.663. The van der Waals surface area contributed by atoms with Gasteiger partial charge >= 0.3 is 5.69 Å². The second kappa shape index (κ2) is 5.73. The lowest BCUT2D eigenvalue weighted by atomic mass is 10.3. The standard InChI is InChI=1S/C12H15N5O4/c1-7-6-10(15-21-7)13-11(18)4-5-16-9(3)12(17(19)20)8(2)14-16/h6H,4-5H2,1-3H3,(H,13,15,18). The highest BCUT2D eigenvalue weighted by atomic mass is 16.6. The first-order chi connectivity index (χ1) is 9.88. The van der Waals surface area contributed by atoms with E-state index in [9.17, 15) is 14.9 Å². The van der Waals surface area contributed by atoms with Gasteiger partial charge in [-0.25, -0.2) is 0 Å². The molecule has 2 aromatic rings. The maximum atomic E-state index is 11.8. The zero-order valence-electron chi connectivity index (χ0n) is 11.9. The number of hydrogen-bond donors (Lipinski definition) is 1. The summed E-state index contributed by atoms with van der Waals surface area (Å²) >= 11 is 0. The minimum Gasteiger partial charge on any atom is -0.360 e. The molecular formula is C12H15N5O4. The number of aryl methyl sites for hydroxylation is 3. The summed E-state index contributed by atoms with van der Waals surface area (Å²) in [6, 6.07) is 1.60. The van der Waals surface area contributed by atoms with Crippen LogP contribution in [0, 0.1) is 30.9 Å². The number of nitrogens with zero attached hydrogens (tertiary/aromatic N) is 4. The van der Waals surface area contributed by atoms with Crippen LogP contribution in [0.3, 0.4) is 0 Å². The van der Waals surface area contributed by atoms with Crippen molar-refractivity contribution in [2.45, 2.75) is 33.7 Å². The fraction of sp³-hybridized carbons (Fsp3) is 0.417. The summed E-state index contributed by atoms with van der Waals surface area (Å²) in [6.45, 7) is 5.15. The fourth-order valence-corrected chi connectivity index (χ4v) is 2.01. The van der Waals surface area contributed by atoms with E-state index in [1.54, 1.807) is 26.8 Å². The smallest absolute Gasteiger partial charge is 0.312 e. The molecule has 0 aromatic carbocycles. The molecule has 2 aromatic heterocycles. The molecule has 0 spiro atoms. The van der Waals surface area contributed by atoms with Crippen LogP contribution in [-0.2, 0) is 11.3 Å². The summed E-state index contributed by atoms with van der Waals surface area (Å²) in [6.07, 6.45) is 0.130. The average molecular weight is 293 g/mol. The number of carbonyl (C=O) groups excluding carboxylic acids is 1. The lowest BCUT2D eigenvalue weighted by Crippen LogP contribution is -2.15. The summed E-state index contributed by atoms with van der Waals surface area (Å²) in [5, 5.41) is 21.2. The second-order valence-electron chi connectivity index (χ2n) is 4.62. The van der Waals surface area contributed by atoms with Crippen molar-refractivity contribution in [3.05, 3.63) is 33.3 Å². The van der Waals surface area contributed by atoms with Crippen LogP contribution in [0.25, 0.3) is 0 Å². The van der Waals surface area contributed by atoms with Crippen LogP contribution in [0.4, 0.5) is 11.5 Å². The number of anilines is 1. The van der Waals surface area contributed by atoms with Crippen LogP contribution < -0.4 is 5.32 Å². The molecule has 0 bridgehead atoms. The summed E-state index contributed by atoms with van der Waals surface area (Å²) in [7, 11) is 0. The van der Waals surface area contributed by atoms with Gasteiger partial charge in [-0.2, -0.15) is 5.10 Å². The third kappa shape index (κ3) is 3.25. The molecule has 0 saturated heterocycles. The molecule has 0 unspecified atom stereocenters. The van der Waals surface area contributed by atoms with Gasteiger partial charge in [0.2, 0.25) is 5.91 Å². The predicted octanol–water partition coefficient (Wildman–Crippen LogP) is 1.73. The second-order valence-corrected chi connectivity index (χ2v) is 4.62. The third-order valence-corrected chi connectivity index (χ3v) is 2.97. The zero-order chi connectivity index (χ0) is 15.6. The Labute approximate surface area is 120 Å². The minimum atomic E-state index is -0.466. The molecule has 21 heavy (non-hydrogen) atoms. The van der Waals surface area contributed by atoms with Crippen LogP contribution in [0.5, 0.6) is 0 Å². The molecule has 2 rings (SSSR count). The monoisotopic (exact) mass is 293 g/mol. The molecule has 9 heteroatoms. The molecule has 0 radical (unpaired) electrons. The van der Waals surface area contributed by atoms with Gasteiger partial charge in [-0.05, 0) is 20.8 Å². The molecule has 1 amide bonds. The molecule has 0 saturated carbocycles. The Kier molecular flexibility index (Phi) is 4.01. The number of nitrogens with one attached hydrogen (secondary N) is 1. The van der Waals surface area contributed by atoms with Crippen LogP contribution in [0.1, 0.15) is 23.6 Å². The zero-order valence-corrected chi connectivity index (χ0v) is 11.9. The van der Waals surface area contributed by atoms with Gasteiger partial charge in [-0.3, -0.25) is 19.6 Å². The van der Waals surface area contributed by atoms with Gasteiger partial charge in [0.05, 0.1) is 11.5 Å². The van der Waals surface area contributed by atoms with Gasteiger partial charge in [0.1, 0.15) is 17.1 Å². The molecule has 2 heterocycles. The minimum absolute atomic E-state index is 0.0115. The first kappa shape index (κ1) is 14.7. The van der Waals surface area contributed by atoms with Gasteiger partial charge in [-0.1, -0.05) is 5.16 Å². The van der Waals surface area contributed by atoms with Crippen molar-refractivity contribution < 1.29 is 14.2 Å². The van der Waals surface area contributed by atoms with E-state index in [-0.39, 0.29) is 24.6 Å². The summed E-state index contributed by atoms with van der Waals surface area (Å²) < 4.78 is 6.29. The largest absolute Gasteiger partial charge is 0.360 e. The Morgan fingerprint density at radius 1 is 1.48 bits per heavy atom. The number of aromatic nitrogens is 3. The van der Waals surface area contributed by atoms with Crippen LogP contribution in [-0.4, -0.2) is 25.8 Å². The van der Waals surface area contributed by atoms with E-state index in [1.807, 2.05) is 0 Å². The van der Waals surface area contributed by atoms with Crippen molar-refractivity contribution in [3.8, 4) is 0 Å². The molecule has 0 aliphatic rings. The molecule has 0 aliphatic heterocycles. The molecule has 9 nitrogen and oxygen atoms in total. The number of rotatable bonds is 5. The average Bonchev–Trinajstić information content (AvgIpc) is 2.90. The van der Waals surface area contributed by atoms with Crippen molar-refractivity contribution in [2.24, 2.45) is 0 Å². The van der Waals surface area contributed by atoms with E-state index in [0.29, 0.717) is 23.0 Å². The molecule has 1 N–H and O–H groups in total. The lowest BCUT2D eigenvalue weighted by Gasteiger charge is -2.03. The fourth-order valence-electron chi connectivity index (χ4n) is 2.01. The highest BCUT2D eigenvalue weighted by Crippen LogP contribution is 2.21. The lowest BCUT2D eigenvalue weighted by molar-refractivity contribution is -0.386. The van der Waals surface area contributed by atoms with Crippen molar-refractivity contribution in [3.63, 3.8) is 0 Å². The maximum absolute atomic E-state index is 11.8. The third-order valence-electron chi connectivity index (χ3n) is 2.97. The van der Waals surface area contributed by atoms with E-state index in [0.717, 1.165) is 0 Å². The van der Waals surface area contributed by atoms with Crippen LogP contribution in [0.15, 0.2) is 10.6 Å². The van der Waals surface area contributed by atoms with E-state index in [1.165, 1.54) is 4.68 Å². The number of carbonyl (C=O) groups is 1. The van der Waals surface area contributed by atoms with Crippen LogP contribution >= 0.6 is 0 Å². The highest BCUT2D eigenvalue weighted by molar-refractivity contribution is 5.89.